The van der Waals surface area contributed by atoms with E-state index in [1.54, 1.807) is 48.8 Å². The van der Waals surface area contributed by atoms with Gasteiger partial charge in [0.25, 0.3) is 11.8 Å². The number of hydrogen-bond acceptors (Lipinski definition) is 5. The summed E-state index contributed by atoms with van der Waals surface area (Å²) in [6.45, 7) is 3.62. The van der Waals surface area contributed by atoms with E-state index >= 15 is 0 Å². The van der Waals surface area contributed by atoms with Gasteiger partial charge in [0.15, 0.2) is 11.2 Å². The molecule has 1 aromatic heterocycles. The maximum Gasteiger partial charge on any atom is 0.265 e. The zero-order valence-electron chi connectivity index (χ0n) is 14.9. The smallest absolute Gasteiger partial charge is 0.265 e. The molecule has 0 fully saturated rings. The first kappa shape index (κ1) is 18.6. The predicted octanol–water partition coefficient (Wildman–Crippen LogP) is 4.11. The number of benzene rings is 2. The molecule has 0 bridgehead atoms. The first-order chi connectivity index (χ1) is 13.0. The van der Waals surface area contributed by atoms with Gasteiger partial charge < -0.3 is 10.1 Å². The minimum Gasteiger partial charge on any atom is -0.481 e. The Bertz CT molecular complexity index is 941. The second kappa shape index (κ2) is 8.46. The molecular weight excluding hydrogens is 362 g/mol. The molecule has 7 heteroatoms. The monoisotopic (exact) mass is 381 g/mol. The van der Waals surface area contributed by atoms with Gasteiger partial charge >= 0.3 is 0 Å². The summed E-state index contributed by atoms with van der Waals surface area (Å²) in [5.41, 5.74) is 1.81. The van der Waals surface area contributed by atoms with Crippen molar-refractivity contribution in [1.82, 2.24) is 4.98 Å². The number of nitrogens with one attached hydrogen (secondary N) is 2. The van der Waals surface area contributed by atoms with Gasteiger partial charge in [-0.25, -0.2) is 4.98 Å². The molecule has 0 aliphatic rings. The van der Waals surface area contributed by atoms with Gasteiger partial charge in [-0.15, -0.1) is 11.3 Å². The molecule has 1 atom stereocenters. The van der Waals surface area contributed by atoms with Crippen molar-refractivity contribution in [1.29, 1.82) is 0 Å². The molecule has 3 rings (SSSR count). The van der Waals surface area contributed by atoms with Crippen LogP contribution < -0.4 is 15.4 Å². The van der Waals surface area contributed by atoms with Crippen molar-refractivity contribution in [2.75, 3.05) is 10.6 Å². The molecule has 0 saturated heterocycles. The van der Waals surface area contributed by atoms with Crippen molar-refractivity contribution in [3.05, 3.63) is 71.2 Å². The fourth-order valence-corrected chi connectivity index (χ4v) is 2.94. The fraction of sp³-hybridized carbons (Fsp3) is 0.150. The Kier molecular flexibility index (Phi) is 5.83. The average molecular weight is 381 g/mol. The molecule has 27 heavy (non-hydrogen) atoms. The summed E-state index contributed by atoms with van der Waals surface area (Å²) in [5, 5.41) is 7.75. The second-order valence-corrected chi connectivity index (χ2v) is 6.80. The van der Waals surface area contributed by atoms with Crippen molar-refractivity contribution in [3.8, 4) is 5.75 Å². The van der Waals surface area contributed by atoms with Gasteiger partial charge in [-0.05, 0) is 43.7 Å². The van der Waals surface area contributed by atoms with Gasteiger partial charge in [0.05, 0.1) is 11.3 Å². The number of thiazole rings is 1. The predicted molar refractivity (Wildman–Crippen MR) is 106 cm³/mol. The minimum absolute atomic E-state index is 0.340. The lowest BCUT2D eigenvalue weighted by Crippen LogP contribution is -2.31. The van der Waals surface area contributed by atoms with Crippen molar-refractivity contribution in [3.63, 3.8) is 0 Å². The minimum atomic E-state index is -0.720. The van der Waals surface area contributed by atoms with Crippen LogP contribution in [0.1, 0.15) is 22.8 Å². The highest BCUT2D eigenvalue weighted by Crippen LogP contribution is 2.20. The van der Waals surface area contributed by atoms with Crippen molar-refractivity contribution >= 4 is 34.0 Å². The third kappa shape index (κ3) is 4.92. The molecule has 3 aromatic rings. The number of para-hydroxylation sites is 1. The van der Waals surface area contributed by atoms with Crippen molar-refractivity contribution in [2.24, 2.45) is 0 Å². The van der Waals surface area contributed by atoms with E-state index < -0.39 is 6.10 Å². The Balaban J connectivity index is 1.69. The fourth-order valence-electron chi connectivity index (χ4n) is 2.42. The lowest BCUT2D eigenvalue weighted by atomic mass is 10.1. The average Bonchev–Trinajstić information content (AvgIpc) is 3.15. The van der Waals surface area contributed by atoms with Gasteiger partial charge in [0.1, 0.15) is 5.75 Å². The van der Waals surface area contributed by atoms with Crippen molar-refractivity contribution < 1.29 is 14.3 Å². The van der Waals surface area contributed by atoms with Gasteiger partial charge in [-0.1, -0.05) is 24.3 Å². The standard InChI is InChI=1S/C20H19N3O3S/c1-13-6-5-7-15(12-13)26-14(2)18(24)22-17-9-4-3-8-16(17)19(25)23-20-21-10-11-27-20/h3-12,14H,1-2H3,(H,22,24)(H,21,23,25). The number of carbonyl (C=O) groups is 2. The number of ether oxygens (including phenoxy) is 1. The van der Waals surface area contributed by atoms with Gasteiger partial charge in [0, 0.05) is 11.6 Å². The number of carbonyl (C=O) groups excluding carboxylic acids is 2. The van der Waals surface area contributed by atoms with Crippen LogP contribution in [-0.4, -0.2) is 22.9 Å². The topological polar surface area (TPSA) is 80.3 Å². The molecule has 0 aliphatic heterocycles. The summed E-state index contributed by atoms with van der Waals surface area (Å²) in [6.07, 6.45) is 0.889. The van der Waals surface area contributed by atoms with Crippen LogP contribution in [0, 0.1) is 6.92 Å². The number of aromatic nitrogens is 1. The van der Waals surface area contributed by atoms with Gasteiger partial charge in [-0.3, -0.25) is 14.9 Å². The van der Waals surface area contributed by atoms with Crippen LogP contribution in [0.5, 0.6) is 5.75 Å². The number of nitrogens with zero attached hydrogens (tertiary/aromatic N) is 1. The number of hydrogen-bond donors (Lipinski definition) is 2. The third-order valence-corrected chi connectivity index (χ3v) is 4.44. The van der Waals surface area contributed by atoms with E-state index in [0.717, 1.165) is 5.56 Å². The molecule has 1 unspecified atom stereocenters. The van der Waals surface area contributed by atoms with E-state index in [9.17, 15) is 9.59 Å². The summed E-state index contributed by atoms with van der Waals surface area (Å²) in [5.74, 6) is -0.0634. The number of anilines is 2. The zero-order valence-corrected chi connectivity index (χ0v) is 15.7. The molecule has 1 heterocycles. The van der Waals surface area contributed by atoms with Crippen LogP contribution in [0.15, 0.2) is 60.1 Å². The molecular formula is C20H19N3O3S. The summed E-state index contributed by atoms with van der Waals surface area (Å²) in [7, 11) is 0. The molecule has 0 spiro atoms. The summed E-state index contributed by atoms with van der Waals surface area (Å²) >= 11 is 1.32. The highest BCUT2D eigenvalue weighted by Gasteiger charge is 2.19. The normalized spacial score (nSPS) is 11.5. The summed E-state index contributed by atoms with van der Waals surface area (Å²) < 4.78 is 5.69. The SMILES string of the molecule is Cc1cccc(OC(C)C(=O)Nc2ccccc2C(=O)Nc2nccs2)c1. The highest BCUT2D eigenvalue weighted by molar-refractivity contribution is 7.13. The van der Waals surface area contributed by atoms with Gasteiger partial charge in [-0.2, -0.15) is 0 Å². The maximum atomic E-state index is 12.5. The summed E-state index contributed by atoms with van der Waals surface area (Å²) in [6, 6.07) is 14.3. The lowest BCUT2D eigenvalue weighted by molar-refractivity contribution is -0.122. The molecule has 0 radical (unpaired) electrons. The van der Waals surface area contributed by atoms with Crippen LogP contribution in [0.2, 0.25) is 0 Å². The number of aryl methyl sites for hydroxylation is 1. The summed E-state index contributed by atoms with van der Waals surface area (Å²) in [4.78, 5) is 29.0. The second-order valence-electron chi connectivity index (χ2n) is 5.90. The highest BCUT2D eigenvalue weighted by atomic mass is 32.1. The molecule has 2 N–H and O–H groups in total. The van der Waals surface area contributed by atoms with E-state index in [-0.39, 0.29) is 11.8 Å². The Morgan fingerprint density at radius 1 is 1.11 bits per heavy atom. The van der Waals surface area contributed by atoms with Crippen LogP contribution in [-0.2, 0) is 4.79 Å². The Labute approximate surface area is 161 Å². The van der Waals surface area contributed by atoms with Crippen LogP contribution in [0.3, 0.4) is 0 Å². The molecule has 0 aliphatic carbocycles. The zero-order chi connectivity index (χ0) is 19.2. The Morgan fingerprint density at radius 2 is 1.93 bits per heavy atom. The van der Waals surface area contributed by atoms with E-state index in [1.807, 2.05) is 25.1 Å². The van der Waals surface area contributed by atoms with Crippen LogP contribution in [0.4, 0.5) is 10.8 Å². The lowest BCUT2D eigenvalue weighted by Gasteiger charge is -2.16. The van der Waals surface area contributed by atoms with Crippen LogP contribution in [0.25, 0.3) is 0 Å². The maximum absolute atomic E-state index is 12.5. The Hall–Kier alpha value is -3.19. The molecule has 138 valence electrons. The molecule has 0 saturated carbocycles. The number of rotatable bonds is 6. The molecule has 6 nitrogen and oxygen atoms in total. The van der Waals surface area contributed by atoms with Crippen LogP contribution >= 0.6 is 11.3 Å². The van der Waals surface area contributed by atoms with E-state index in [0.29, 0.717) is 22.1 Å². The van der Waals surface area contributed by atoms with E-state index in [2.05, 4.69) is 15.6 Å². The van der Waals surface area contributed by atoms with Crippen molar-refractivity contribution in [2.45, 2.75) is 20.0 Å². The first-order valence-corrected chi connectivity index (χ1v) is 9.25. The number of amides is 2. The quantitative estimate of drug-likeness (QED) is 0.673. The Morgan fingerprint density at radius 3 is 2.67 bits per heavy atom. The molecule has 2 aromatic carbocycles. The van der Waals surface area contributed by atoms with E-state index in [4.69, 9.17) is 4.74 Å². The first-order valence-electron chi connectivity index (χ1n) is 8.37. The van der Waals surface area contributed by atoms with Gasteiger partial charge in [0.2, 0.25) is 0 Å². The van der Waals surface area contributed by atoms with E-state index in [1.165, 1.54) is 11.3 Å². The largest absolute Gasteiger partial charge is 0.481 e. The third-order valence-electron chi connectivity index (χ3n) is 3.75. The molecule has 2 amide bonds.